The predicted molar refractivity (Wildman–Crippen MR) is 74.6 cm³/mol. The summed E-state index contributed by atoms with van der Waals surface area (Å²) in [4.78, 5) is 25.4. The van der Waals surface area contributed by atoms with Gasteiger partial charge in [-0.15, -0.1) is 0 Å². The molecule has 1 aliphatic carbocycles. The van der Waals surface area contributed by atoms with Crippen LogP contribution in [0.25, 0.3) is 0 Å². The summed E-state index contributed by atoms with van der Waals surface area (Å²) in [6, 6.07) is -0.0954. The highest BCUT2D eigenvalue weighted by molar-refractivity contribution is 5.82. The van der Waals surface area contributed by atoms with Crippen LogP contribution < -0.4 is 5.32 Å². The molecule has 2 rings (SSSR count). The third-order valence-electron chi connectivity index (χ3n) is 3.62. The molecule has 1 amide bonds. The summed E-state index contributed by atoms with van der Waals surface area (Å²) in [5.74, 6) is -0.474. The van der Waals surface area contributed by atoms with Crippen LogP contribution in [0.2, 0.25) is 0 Å². The van der Waals surface area contributed by atoms with Crippen molar-refractivity contribution in [2.45, 2.75) is 44.4 Å². The quantitative estimate of drug-likeness (QED) is 0.603. The standard InChI is InChI=1S/C14H24N2O5/c1-2-21-13(18)7-11(17)8-16-5-6-20-9-12(16)14(19)15-10-3-4-10/h10-12,17H,2-9H2,1H3,(H,15,19). The summed E-state index contributed by atoms with van der Waals surface area (Å²) in [7, 11) is 0. The Hall–Kier alpha value is -1.18. The molecule has 0 bridgehead atoms. The number of amides is 1. The summed E-state index contributed by atoms with van der Waals surface area (Å²) in [5, 5.41) is 12.9. The molecule has 1 saturated heterocycles. The number of morpholine rings is 1. The second kappa shape index (κ2) is 7.72. The first-order valence-corrected chi connectivity index (χ1v) is 7.56. The molecule has 7 heteroatoms. The molecular formula is C14H24N2O5. The minimum Gasteiger partial charge on any atom is -0.466 e. The molecule has 0 spiro atoms. The summed E-state index contributed by atoms with van der Waals surface area (Å²) in [5.41, 5.74) is 0. The van der Waals surface area contributed by atoms with Gasteiger partial charge in [-0.1, -0.05) is 0 Å². The molecule has 120 valence electrons. The van der Waals surface area contributed by atoms with E-state index in [4.69, 9.17) is 9.47 Å². The molecule has 0 aromatic rings. The third-order valence-corrected chi connectivity index (χ3v) is 3.62. The van der Waals surface area contributed by atoms with Crippen LogP contribution in [-0.2, 0) is 19.1 Å². The van der Waals surface area contributed by atoms with Crippen LogP contribution >= 0.6 is 0 Å². The fourth-order valence-corrected chi connectivity index (χ4v) is 2.37. The van der Waals surface area contributed by atoms with E-state index in [1.807, 2.05) is 4.90 Å². The number of aliphatic hydroxyl groups excluding tert-OH is 1. The molecule has 2 aliphatic rings. The van der Waals surface area contributed by atoms with Gasteiger partial charge in [-0.3, -0.25) is 14.5 Å². The minimum absolute atomic E-state index is 0.0534. The molecular weight excluding hydrogens is 276 g/mol. The maximum atomic E-state index is 12.2. The van der Waals surface area contributed by atoms with Crippen molar-refractivity contribution in [3.63, 3.8) is 0 Å². The lowest BCUT2D eigenvalue weighted by Crippen LogP contribution is -2.56. The first-order valence-electron chi connectivity index (χ1n) is 7.56. The fourth-order valence-electron chi connectivity index (χ4n) is 2.37. The molecule has 1 saturated carbocycles. The minimum atomic E-state index is -0.835. The van der Waals surface area contributed by atoms with Gasteiger partial charge in [0, 0.05) is 19.1 Å². The number of rotatable bonds is 7. The Morgan fingerprint density at radius 2 is 2.24 bits per heavy atom. The molecule has 0 aromatic heterocycles. The Bertz CT molecular complexity index is 372. The van der Waals surface area contributed by atoms with Crippen molar-refractivity contribution in [2.24, 2.45) is 0 Å². The van der Waals surface area contributed by atoms with E-state index in [9.17, 15) is 14.7 Å². The van der Waals surface area contributed by atoms with Gasteiger partial charge in [0.05, 0.1) is 32.3 Å². The molecule has 21 heavy (non-hydrogen) atoms. The van der Waals surface area contributed by atoms with Crippen molar-refractivity contribution in [3.8, 4) is 0 Å². The van der Waals surface area contributed by atoms with E-state index in [0.29, 0.717) is 32.4 Å². The van der Waals surface area contributed by atoms with E-state index in [2.05, 4.69) is 5.32 Å². The highest BCUT2D eigenvalue weighted by Gasteiger charge is 2.34. The molecule has 0 aromatic carbocycles. The number of ether oxygens (including phenoxy) is 2. The number of nitrogens with zero attached hydrogens (tertiary/aromatic N) is 1. The maximum Gasteiger partial charge on any atom is 0.308 e. The number of carbonyl (C=O) groups excluding carboxylic acids is 2. The summed E-state index contributed by atoms with van der Waals surface area (Å²) < 4.78 is 10.2. The van der Waals surface area contributed by atoms with Crippen LogP contribution in [0.15, 0.2) is 0 Å². The van der Waals surface area contributed by atoms with Crippen LogP contribution in [0.4, 0.5) is 0 Å². The predicted octanol–water partition coefficient (Wildman–Crippen LogP) is -0.720. The van der Waals surface area contributed by atoms with Crippen LogP contribution in [0.3, 0.4) is 0 Å². The summed E-state index contributed by atoms with van der Waals surface area (Å²) >= 11 is 0. The Morgan fingerprint density at radius 1 is 1.48 bits per heavy atom. The third kappa shape index (κ3) is 5.26. The average Bonchev–Trinajstić information content (AvgIpc) is 3.23. The van der Waals surface area contributed by atoms with Crippen molar-refractivity contribution in [1.82, 2.24) is 10.2 Å². The SMILES string of the molecule is CCOC(=O)CC(O)CN1CCOCC1C(=O)NC1CC1. The normalized spacial score (nSPS) is 24.4. The van der Waals surface area contributed by atoms with Crippen molar-refractivity contribution < 1.29 is 24.2 Å². The van der Waals surface area contributed by atoms with E-state index in [0.717, 1.165) is 12.8 Å². The molecule has 2 fully saturated rings. The Kier molecular flexibility index (Phi) is 5.96. The van der Waals surface area contributed by atoms with Crippen LogP contribution in [-0.4, -0.2) is 73.0 Å². The first kappa shape index (κ1) is 16.2. The van der Waals surface area contributed by atoms with Gasteiger partial charge in [0.15, 0.2) is 0 Å². The van der Waals surface area contributed by atoms with E-state index in [1.54, 1.807) is 6.92 Å². The van der Waals surface area contributed by atoms with Gasteiger partial charge < -0.3 is 19.9 Å². The van der Waals surface area contributed by atoms with E-state index < -0.39 is 18.1 Å². The lowest BCUT2D eigenvalue weighted by atomic mass is 10.1. The molecule has 2 atom stereocenters. The molecule has 0 radical (unpaired) electrons. The van der Waals surface area contributed by atoms with Gasteiger partial charge in [-0.05, 0) is 19.8 Å². The second-order valence-corrected chi connectivity index (χ2v) is 5.53. The molecule has 1 aliphatic heterocycles. The van der Waals surface area contributed by atoms with Crippen molar-refractivity contribution >= 4 is 11.9 Å². The van der Waals surface area contributed by atoms with E-state index in [-0.39, 0.29) is 18.9 Å². The van der Waals surface area contributed by atoms with Gasteiger partial charge in [0.25, 0.3) is 0 Å². The van der Waals surface area contributed by atoms with Crippen molar-refractivity contribution in [1.29, 1.82) is 0 Å². The molecule has 7 nitrogen and oxygen atoms in total. The molecule has 2 unspecified atom stereocenters. The summed E-state index contributed by atoms with van der Waals surface area (Å²) in [6.07, 6.45) is 1.18. The first-order chi connectivity index (χ1) is 10.1. The highest BCUT2D eigenvalue weighted by atomic mass is 16.5. The Labute approximate surface area is 124 Å². The Morgan fingerprint density at radius 3 is 2.90 bits per heavy atom. The highest BCUT2D eigenvalue weighted by Crippen LogP contribution is 2.19. The lowest BCUT2D eigenvalue weighted by molar-refractivity contribution is -0.146. The van der Waals surface area contributed by atoms with E-state index >= 15 is 0 Å². The van der Waals surface area contributed by atoms with Gasteiger partial charge in [0.1, 0.15) is 6.04 Å². The largest absolute Gasteiger partial charge is 0.466 e. The van der Waals surface area contributed by atoms with Crippen LogP contribution in [0, 0.1) is 0 Å². The number of aliphatic hydroxyl groups is 1. The average molecular weight is 300 g/mol. The van der Waals surface area contributed by atoms with Gasteiger partial charge in [-0.25, -0.2) is 0 Å². The zero-order chi connectivity index (χ0) is 15.2. The number of nitrogens with one attached hydrogen (secondary N) is 1. The zero-order valence-corrected chi connectivity index (χ0v) is 12.4. The van der Waals surface area contributed by atoms with Gasteiger partial charge in [-0.2, -0.15) is 0 Å². The van der Waals surface area contributed by atoms with Crippen molar-refractivity contribution in [3.05, 3.63) is 0 Å². The summed E-state index contributed by atoms with van der Waals surface area (Å²) in [6.45, 7) is 3.72. The molecule has 1 heterocycles. The Balaban J connectivity index is 1.82. The molecule has 2 N–H and O–H groups in total. The van der Waals surface area contributed by atoms with Gasteiger partial charge in [0.2, 0.25) is 5.91 Å². The van der Waals surface area contributed by atoms with Gasteiger partial charge >= 0.3 is 5.97 Å². The van der Waals surface area contributed by atoms with E-state index in [1.165, 1.54) is 0 Å². The number of hydrogen-bond acceptors (Lipinski definition) is 6. The second-order valence-electron chi connectivity index (χ2n) is 5.53. The van der Waals surface area contributed by atoms with Crippen LogP contribution in [0.1, 0.15) is 26.2 Å². The topological polar surface area (TPSA) is 88.1 Å². The fraction of sp³-hybridized carbons (Fsp3) is 0.857. The number of β-amino-alcohol motifs (C(OH)–C–C–N with tert-alkyl or cyclic N) is 1. The number of hydrogen-bond donors (Lipinski definition) is 2. The lowest BCUT2D eigenvalue weighted by Gasteiger charge is -2.35. The van der Waals surface area contributed by atoms with Crippen molar-refractivity contribution in [2.75, 3.05) is 32.9 Å². The zero-order valence-electron chi connectivity index (χ0n) is 12.4. The monoisotopic (exact) mass is 300 g/mol. The maximum absolute atomic E-state index is 12.2. The smallest absolute Gasteiger partial charge is 0.308 e. The van der Waals surface area contributed by atoms with Crippen LogP contribution in [0.5, 0.6) is 0 Å². The number of carbonyl (C=O) groups is 2. The number of esters is 1.